The van der Waals surface area contributed by atoms with Crippen LogP contribution in [0.25, 0.3) is 0 Å². The van der Waals surface area contributed by atoms with Gasteiger partial charge in [-0.2, -0.15) is 0 Å². The first kappa shape index (κ1) is 10.4. The minimum Gasteiger partial charge on any atom is -0.464 e. The number of hydrogen-bond acceptors (Lipinski definition) is 3. The molecule has 0 fully saturated rings. The average Bonchev–Trinajstić information content (AvgIpc) is 2.21. The minimum absolute atomic E-state index is 0.366. The summed E-state index contributed by atoms with van der Waals surface area (Å²) in [6, 6.07) is 7.58. The van der Waals surface area contributed by atoms with E-state index in [0.29, 0.717) is 5.71 Å². The second-order valence-electron chi connectivity index (χ2n) is 2.88. The molecular weight excluding hydrogens is 178 g/mol. The fourth-order valence-electron chi connectivity index (χ4n) is 1.26. The van der Waals surface area contributed by atoms with Gasteiger partial charge in [0.25, 0.3) is 0 Å². The van der Waals surface area contributed by atoms with Crippen molar-refractivity contribution in [2.45, 2.75) is 6.92 Å². The van der Waals surface area contributed by atoms with Gasteiger partial charge in [0, 0.05) is 12.6 Å². The summed E-state index contributed by atoms with van der Waals surface area (Å²) < 4.78 is 4.64. The van der Waals surface area contributed by atoms with Crippen molar-refractivity contribution >= 4 is 11.7 Å². The second-order valence-corrected chi connectivity index (χ2v) is 2.88. The first-order valence-electron chi connectivity index (χ1n) is 4.31. The number of methoxy groups -OCH3 is 1. The molecule has 0 aliphatic rings. The average molecular weight is 191 g/mol. The third kappa shape index (κ3) is 1.99. The van der Waals surface area contributed by atoms with E-state index in [9.17, 15) is 4.79 Å². The predicted molar refractivity (Wildman–Crippen MR) is 55.7 cm³/mol. The maximum absolute atomic E-state index is 11.3. The number of nitrogens with zero attached hydrogens (tertiary/aromatic N) is 1. The molecule has 0 amide bonds. The molecule has 0 saturated carbocycles. The van der Waals surface area contributed by atoms with Gasteiger partial charge in [-0.15, -0.1) is 0 Å². The van der Waals surface area contributed by atoms with Crippen molar-refractivity contribution < 1.29 is 9.53 Å². The standard InChI is InChI=1S/C11H13NO2/c1-8-6-4-5-7-9(8)10(12-2)11(13)14-3/h4-7H,1-3H3/b12-10+. The zero-order valence-corrected chi connectivity index (χ0v) is 8.57. The van der Waals surface area contributed by atoms with Gasteiger partial charge in [0.1, 0.15) is 5.71 Å². The zero-order chi connectivity index (χ0) is 10.6. The Morgan fingerprint density at radius 2 is 2.00 bits per heavy atom. The third-order valence-corrected chi connectivity index (χ3v) is 2.00. The van der Waals surface area contributed by atoms with E-state index in [2.05, 4.69) is 9.73 Å². The van der Waals surface area contributed by atoms with Crippen molar-refractivity contribution in [3.8, 4) is 0 Å². The number of carbonyl (C=O) groups excluding carboxylic acids is 1. The quantitative estimate of drug-likeness (QED) is 0.526. The molecule has 0 atom stereocenters. The maximum Gasteiger partial charge on any atom is 0.356 e. The van der Waals surface area contributed by atoms with Crippen molar-refractivity contribution in [1.29, 1.82) is 0 Å². The Bertz CT molecular complexity index is 369. The fraction of sp³-hybridized carbons (Fsp3) is 0.273. The van der Waals surface area contributed by atoms with Crippen LogP contribution >= 0.6 is 0 Å². The van der Waals surface area contributed by atoms with E-state index in [1.807, 2.05) is 31.2 Å². The van der Waals surface area contributed by atoms with Gasteiger partial charge in [0.15, 0.2) is 0 Å². The highest BCUT2D eigenvalue weighted by Gasteiger charge is 2.14. The summed E-state index contributed by atoms with van der Waals surface area (Å²) in [5.41, 5.74) is 2.20. The Morgan fingerprint density at radius 3 is 2.50 bits per heavy atom. The Kier molecular flexibility index (Phi) is 3.40. The van der Waals surface area contributed by atoms with Crippen LogP contribution in [0.2, 0.25) is 0 Å². The van der Waals surface area contributed by atoms with E-state index in [-0.39, 0.29) is 0 Å². The van der Waals surface area contributed by atoms with E-state index in [0.717, 1.165) is 11.1 Å². The molecular formula is C11H13NO2. The molecule has 1 aromatic rings. The number of esters is 1. The maximum atomic E-state index is 11.3. The summed E-state index contributed by atoms with van der Waals surface area (Å²) in [4.78, 5) is 15.3. The molecule has 0 aliphatic carbocycles. The Hall–Kier alpha value is -1.64. The topological polar surface area (TPSA) is 38.7 Å². The van der Waals surface area contributed by atoms with E-state index in [1.54, 1.807) is 7.05 Å². The van der Waals surface area contributed by atoms with Crippen LogP contribution in [-0.4, -0.2) is 25.8 Å². The smallest absolute Gasteiger partial charge is 0.356 e. The van der Waals surface area contributed by atoms with Gasteiger partial charge in [-0.1, -0.05) is 24.3 Å². The van der Waals surface area contributed by atoms with Crippen molar-refractivity contribution in [3.63, 3.8) is 0 Å². The SMILES string of the molecule is C/N=C(/C(=O)OC)c1ccccc1C. The van der Waals surface area contributed by atoms with Crippen LogP contribution in [0.15, 0.2) is 29.3 Å². The molecule has 0 N–H and O–H groups in total. The van der Waals surface area contributed by atoms with E-state index >= 15 is 0 Å². The molecule has 0 heterocycles. The lowest BCUT2D eigenvalue weighted by molar-refractivity contribution is -0.132. The van der Waals surface area contributed by atoms with Crippen molar-refractivity contribution in [2.75, 3.05) is 14.2 Å². The molecule has 0 spiro atoms. The summed E-state index contributed by atoms with van der Waals surface area (Å²) in [5, 5.41) is 0. The zero-order valence-electron chi connectivity index (χ0n) is 8.57. The number of rotatable bonds is 2. The van der Waals surface area contributed by atoms with Crippen LogP contribution in [0, 0.1) is 6.92 Å². The van der Waals surface area contributed by atoms with E-state index < -0.39 is 5.97 Å². The molecule has 0 bridgehead atoms. The molecule has 0 radical (unpaired) electrons. The molecule has 1 aromatic carbocycles. The van der Waals surface area contributed by atoms with Crippen molar-refractivity contribution in [1.82, 2.24) is 0 Å². The van der Waals surface area contributed by atoms with Gasteiger partial charge in [-0.25, -0.2) is 4.79 Å². The van der Waals surface area contributed by atoms with Gasteiger partial charge < -0.3 is 4.74 Å². The van der Waals surface area contributed by atoms with E-state index in [4.69, 9.17) is 0 Å². The van der Waals surface area contributed by atoms with Crippen LogP contribution in [0.1, 0.15) is 11.1 Å². The van der Waals surface area contributed by atoms with Gasteiger partial charge in [0.05, 0.1) is 7.11 Å². The largest absolute Gasteiger partial charge is 0.464 e. The number of ether oxygens (including phenoxy) is 1. The lowest BCUT2D eigenvalue weighted by Crippen LogP contribution is -2.18. The highest BCUT2D eigenvalue weighted by molar-refractivity contribution is 6.43. The predicted octanol–water partition coefficient (Wildman–Crippen LogP) is 1.59. The highest BCUT2D eigenvalue weighted by atomic mass is 16.5. The summed E-state index contributed by atoms with van der Waals surface area (Å²) in [6.45, 7) is 1.93. The monoisotopic (exact) mass is 191 g/mol. The van der Waals surface area contributed by atoms with E-state index in [1.165, 1.54) is 7.11 Å². The van der Waals surface area contributed by atoms with Gasteiger partial charge >= 0.3 is 5.97 Å². The van der Waals surface area contributed by atoms with Crippen LogP contribution in [-0.2, 0) is 9.53 Å². The molecule has 1 rings (SSSR count). The van der Waals surface area contributed by atoms with Gasteiger partial charge in [-0.05, 0) is 12.5 Å². The Balaban J connectivity index is 3.15. The number of aryl methyl sites for hydroxylation is 1. The number of hydrogen-bond donors (Lipinski definition) is 0. The molecule has 0 aromatic heterocycles. The number of aliphatic imine (C=N–C) groups is 1. The molecule has 0 saturated heterocycles. The molecule has 3 heteroatoms. The molecule has 3 nitrogen and oxygen atoms in total. The normalized spacial score (nSPS) is 11.2. The molecule has 14 heavy (non-hydrogen) atoms. The first-order chi connectivity index (χ1) is 6.70. The summed E-state index contributed by atoms with van der Waals surface area (Å²) in [5.74, 6) is -0.401. The lowest BCUT2D eigenvalue weighted by atomic mass is 10.0. The van der Waals surface area contributed by atoms with Crippen LogP contribution in [0.5, 0.6) is 0 Å². The van der Waals surface area contributed by atoms with Crippen molar-refractivity contribution in [2.24, 2.45) is 4.99 Å². The fourth-order valence-corrected chi connectivity index (χ4v) is 1.26. The molecule has 74 valence electrons. The third-order valence-electron chi connectivity index (χ3n) is 2.00. The van der Waals surface area contributed by atoms with Crippen LogP contribution < -0.4 is 0 Å². The van der Waals surface area contributed by atoms with Gasteiger partial charge in [0.2, 0.25) is 0 Å². The Labute approximate surface area is 83.4 Å². The summed E-state index contributed by atoms with van der Waals surface area (Å²) in [7, 11) is 2.93. The minimum atomic E-state index is -0.401. The summed E-state index contributed by atoms with van der Waals surface area (Å²) >= 11 is 0. The highest BCUT2D eigenvalue weighted by Crippen LogP contribution is 2.09. The first-order valence-corrected chi connectivity index (χ1v) is 4.31. The van der Waals surface area contributed by atoms with Crippen LogP contribution in [0.4, 0.5) is 0 Å². The number of benzene rings is 1. The molecule has 0 unspecified atom stereocenters. The van der Waals surface area contributed by atoms with Gasteiger partial charge in [-0.3, -0.25) is 4.99 Å². The lowest BCUT2D eigenvalue weighted by Gasteiger charge is -2.06. The Morgan fingerprint density at radius 1 is 1.36 bits per heavy atom. The van der Waals surface area contributed by atoms with Crippen LogP contribution in [0.3, 0.4) is 0 Å². The summed E-state index contributed by atoms with van der Waals surface area (Å²) in [6.07, 6.45) is 0. The second kappa shape index (κ2) is 4.56. The van der Waals surface area contributed by atoms with Crippen molar-refractivity contribution in [3.05, 3.63) is 35.4 Å². The molecule has 0 aliphatic heterocycles. The number of carbonyl (C=O) groups is 1.